The minimum absolute atomic E-state index is 0.0211. The van der Waals surface area contributed by atoms with Crippen molar-refractivity contribution < 1.29 is 34.2 Å². The highest BCUT2D eigenvalue weighted by molar-refractivity contribution is 6.31. The van der Waals surface area contributed by atoms with E-state index in [0.29, 0.717) is 23.7 Å². The first-order valence-corrected chi connectivity index (χ1v) is 14.4. The highest BCUT2D eigenvalue weighted by Crippen LogP contribution is 2.51. The molecule has 2 saturated carbocycles. The summed E-state index contributed by atoms with van der Waals surface area (Å²) in [6, 6.07) is 18.5. The molecule has 43 heavy (non-hydrogen) atoms. The van der Waals surface area contributed by atoms with Gasteiger partial charge in [-0.1, -0.05) is 54.1 Å². The van der Waals surface area contributed by atoms with Gasteiger partial charge < -0.3 is 21.3 Å². The number of aliphatic hydroxyl groups is 1. The van der Waals surface area contributed by atoms with Gasteiger partial charge in [-0.3, -0.25) is 24.0 Å². The van der Waals surface area contributed by atoms with Crippen molar-refractivity contribution in [1.29, 1.82) is 0 Å². The lowest BCUT2D eigenvalue weighted by Crippen LogP contribution is -2.68. The van der Waals surface area contributed by atoms with Crippen molar-refractivity contribution in [3.63, 3.8) is 0 Å². The number of nitrogens with two attached hydrogens (primary N) is 1. The first kappa shape index (κ1) is 28.9. The number of carbonyl (C=O) groups excluding carboxylic acids is 5. The topological polar surface area (TPSA) is 164 Å². The zero-order valence-electron chi connectivity index (χ0n) is 23.0. The molecule has 3 aliphatic carbocycles. The number of fused-ring (bicyclic) bond motifs is 3. The molecule has 9 nitrogen and oxygen atoms in total. The van der Waals surface area contributed by atoms with Gasteiger partial charge in [0, 0.05) is 30.5 Å². The van der Waals surface area contributed by atoms with Gasteiger partial charge in [0.15, 0.2) is 34.7 Å². The molecule has 0 bridgehead atoms. The fourth-order valence-electron chi connectivity index (χ4n) is 7.04. The minimum atomic E-state index is -2.66. The minimum Gasteiger partial charge on any atom is -0.507 e. The lowest BCUT2D eigenvalue weighted by atomic mass is 9.53. The molecule has 220 valence electrons. The lowest BCUT2D eigenvalue weighted by molar-refractivity contribution is -0.175. The van der Waals surface area contributed by atoms with Crippen molar-refractivity contribution in [3.8, 4) is 16.9 Å². The van der Waals surface area contributed by atoms with E-state index < -0.39 is 58.3 Å². The van der Waals surface area contributed by atoms with Gasteiger partial charge in [-0.15, -0.1) is 0 Å². The van der Waals surface area contributed by atoms with Crippen molar-refractivity contribution in [2.24, 2.45) is 29.4 Å². The van der Waals surface area contributed by atoms with Crippen LogP contribution >= 0.6 is 11.6 Å². The Kier molecular flexibility index (Phi) is 7.28. The van der Waals surface area contributed by atoms with Gasteiger partial charge in [-0.2, -0.15) is 0 Å². The maximum absolute atomic E-state index is 13.8. The van der Waals surface area contributed by atoms with Crippen LogP contribution in [-0.4, -0.2) is 44.9 Å². The standard InChI is InChI=1S/C33H29ClN2O7/c34-21-3-1-2-17(10-21)15-36-14-16-4-6-18(7-5-16)22-8-9-24(37)27-23(22)12-19-11-20-13-25(38)28(32(35)42)31(41)33(20,43)30(40)26(19)29(27)39/h1-10,19-20,26,28,36-37,43H,11-15H2,(H2,35,42)/t19-,20+,26?,28?,33+/m1/s1. The third-order valence-electron chi connectivity index (χ3n) is 9.10. The van der Waals surface area contributed by atoms with Crippen LogP contribution in [0.2, 0.25) is 5.02 Å². The second-order valence-electron chi connectivity index (χ2n) is 11.7. The molecule has 3 aromatic rings. The van der Waals surface area contributed by atoms with Crippen LogP contribution in [0.15, 0.2) is 60.7 Å². The smallest absolute Gasteiger partial charge is 0.235 e. The molecule has 5 N–H and O–H groups in total. The van der Waals surface area contributed by atoms with E-state index in [-0.39, 0.29) is 30.6 Å². The predicted molar refractivity (Wildman–Crippen MR) is 156 cm³/mol. The second kappa shape index (κ2) is 10.8. The monoisotopic (exact) mass is 600 g/mol. The number of hydrogen-bond acceptors (Lipinski definition) is 8. The predicted octanol–water partition coefficient (Wildman–Crippen LogP) is 2.94. The summed E-state index contributed by atoms with van der Waals surface area (Å²) in [4.78, 5) is 65.0. The summed E-state index contributed by atoms with van der Waals surface area (Å²) in [5.74, 6) is -10.2. The Balaban J connectivity index is 1.27. The summed E-state index contributed by atoms with van der Waals surface area (Å²) in [6.07, 6.45) is -0.0999. The Bertz CT molecular complexity index is 1700. The molecule has 3 aliphatic rings. The molecular weight excluding hydrogens is 572 g/mol. The summed E-state index contributed by atoms with van der Waals surface area (Å²) in [5, 5.41) is 26.2. The van der Waals surface area contributed by atoms with Crippen molar-refractivity contribution in [1.82, 2.24) is 5.32 Å². The number of nitrogens with one attached hydrogen (secondary N) is 1. The third kappa shape index (κ3) is 4.77. The van der Waals surface area contributed by atoms with Gasteiger partial charge in [-0.05, 0) is 64.8 Å². The van der Waals surface area contributed by atoms with Gasteiger partial charge in [0.25, 0.3) is 0 Å². The van der Waals surface area contributed by atoms with Crippen molar-refractivity contribution >= 4 is 40.6 Å². The largest absolute Gasteiger partial charge is 0.507 e. The molecule has 10 heteroatoms. The van der Waals surface area contributed by atoms with Gasteiger partial charge in [0.1, 0.15) is 5.75 Å². The van der Waals surface area contributed by atoms with Crippen LogP contribution in [0.1, 0.15) is 39.9 Å². The number of phenolic OH excluding ortho intramolecular Hbond substituents is 1. The van der Waals surface area contributed by atoms with Crippen LogP contribution in [0.3, 0.4) is 0 Å². The number of halogens is 1. The van der Waals surface area contributed by atoms with E-state index in [1.165, 1.54) is 6.07 Å². The number of amides is 1. The molecule has 0 aromatic heterocycles. The average Bonchev–Trinajstić information content (AvgIpc) is 2.95. The molecule has 3 aromatic carbocycles. The van der Waals surface area contributed by atoms with Crippen LogP contribution in [0.5, 0.6) is 5.75 Å². The molecule has 0 heterocycles. The Morgan fingerprint density at radius 1 is 0.953 bits per heavy atom. The van der Waals surface area contributed by atoms with Gasteiger partial charge in [0.05, 0.1) is 11.5 Å². The molecule has 0 radical (unpaired) electrons. The van der Waals surface area contributed by atoms with E-state index in [1.807, 2.05) is 48.5 Å². The van der Waals surface area contributed by atoms with Gasteiger partial charge in [-0.25, -0.2) is 0 Å². The number of carbonyl (C=O) groups is 5. The zero-order chi connectivity index (χ0) is 30.6. The molecular formula is C33H29ClN2O7. The van der Waals surface area contributed by atoms with Crippen molar-refractivity contribution in [2.75, 3.05) is 0 Å². The van der Waals surface area contributed by atoms with E-state index in [4.69, 9.17) is 17.3 Å². The van der Waals surface area contributed by atoms with Crippen LogP contribution in [0.25, 0.3) is 11.1 Å². The number of hydrogen-bond donors (Lipinski definition) is 4. The number of phenols is 1. The van der Waals surface area contributed by atoms with Gasteiger partial charge >= 0.3 is 0 Å². The summed E-state index contributed by atoms with van der Waals surface area (Å²) in [7, 11) is 0. The molecule has 5 atom stereocenters. The maximum Gasteiger partial charge on any atom is 0.235 e. The Labute approximate surface area is 252 Å². The van der Waals surface area contributed by atoms with Crippen LogP contribution in [0.4, 0.5) is 0 Å². The van der Waals surface area contributed by atoms with E-state index in [2.05, 4.69) is 5.32 Å². The number of rotatable bonds is 6. The molecule has 2 unspecified atom stereocenters. The quantitative estimate of drug-likeness (QED) is 0.314. The number of aromatic hydroxyl groups is 1. The van der Waals surface area contributed by atoms with E-state index in [9.17, 15) is 34.2 Å². The van der Waals surface area contributed by atoms with E-state index >= 15 is 0 Å². The number of primary amides is 1. The molecule has 0 aliphatic heterocycles. The molecule has 0 saturated heterocycles. The first-order chi connectivity index (χ1) is 20.5. The van der Waals surface area contributed by atoms with Gasteiger partial charge in [0.2, 0.25) is 5.91 Å². The molecule has 2 fully saturated rings. The average molecular weight is 601 g/mol. The molecule has 0 spiro atoms. The first-order valence-electron chi connectivity index (χ1n) is 14.1. The molecule has 1 amide bonds. The number of ketones is 4. The Morgan fingerprint density at radius 3 is 2.37 bits per heavy atom. The zero-order valence-corrected chi connectivity index (χ0v) is 23.8. The normalized spacial score (nSPS) is 26.5. The van der Waals surface area contributed by atoms with E-state index in [0.717, 1.165) is 22.3 Å². The molecule has 6 rings (SSSR count). The number of benzene rings is 3. The van der Waals surface area contributed by atoms with Crippen molar-refractivity contribution in [2.45, 2.75) is 38.0 Å². The fourth-order valence-corrected chi connectivity index (χ4v) is 7.25. The SMILES string of the molecule is NC(=O)C1C(=O)C[C@@H]2C[C@@H]3Cc4c(-c5ccc(CNCc6cccc(Cl)c6)cc5)ccc(O)c4C(=O)C3C(=O)[C@]2(O)C1=O. The summed E-state index contributed by atoms with van der Waals surface area (Å²) < 4.78 is 0. The third-order valence-corrected chi connectivity index (χ3v) is 9.33. The summed E-state index contributed by atoms with van der Waals surface area (Å²) in [6.45, 7) is 1.26. The maximum atomic E-state index is 13.8. The highest BCUT2D eigenvalue weighted by atomic mass is 35.5. The van der Waals surface area contributed by atoms with E-state index in [1.54, 1.807) is 6.07 Å². The Hall–Kier alpha value is -4.18. The second-order valence-corrected chi connectivity index (χ2v) is 12.1. The van der Waals surface area contributed by atoms with Crippen LogP contribution < -0.4 is 11.1 Å². The van der Waals surface area contributed by atoms with Crippen LogP contribution in [-0.2, 0) is 38.7 Å². The summed E-state index contributed by atoms with van der Waals surface area (Å²) >= 11 is 6.06. The van der Waals surface area contributed by atoms with Crippen molar-refractivity contribution in [3.05, 3.63) is 87.9 Å². The van der Waals surface area contributed by atoms with Crippen LogP contribution in [0, 0.1) is 23.7 Å². The Morgan fingerprint density at radius 2 is 1.67 bits per heavy atom. The number of Topliss-reactive ketones (excluding diaryl/α,β-unsaturated/α-hetero) is 4. The summed E-state index contributed by atoms with van der Waals surface area (Å²) in [5.41, 5.74) is 6.76. The lowest BCUT2D eigenvalue weighted by Gasteiger charge is -2.48. The highest BCUT2D eigenvalue weighted by Gasteiger charge is 2.66. The fraction of sp³-hybridized carbons (Fsp3) is 0.303.